The molecule has 0 radical (unpaired) electrons. The summed E-state index contributed by atoms with van der Waals surface area (Å²) in [6.45, 7) is 6.75. The Morgan fingerprint density at radius 1 is 1.25 bits per heavy atom. The molecule has 2 heterocycles. The molecule has 0 unspecified atom stereocenters. The third-order valence-corrected chi connectivity index (χ3v) is 4.28. The second-order valence-corrected chi connectivity index (χ2v) is 5.57. The summed E-state index contributed by atoms with van der Waals surface area (Å²) in [5, 5.41) is 4.69. The standard InChI is InChI=1S/C17H23N3/c1-2-20(16-7-10-18-11-8-16)13-14-5-6-17-15(12-14)4-3-9-19-17/h3-6,9,12,16,18H,2,7-8,10-11,13H2,1H3. The Morgan fingerprint density at radius 2 is 2.10 bits per heavy atom. The van der Waals surface area contributed by atoms with Gasteiger partial charge in [-0.2, -0.15) is 0 Å². The summed E-state index contributed by atoms with van der Waals surface area (Å²) < 4.78 is 0. The molecule has 20 heavy (non-hydrogen) atoms. The first kappa shape index (κ1) is 13.5. The number of hydrogen-bond donors (Lipinski definition) is 1. The monoisotopic (exact) mass is 269 g/mol. The summed E-state index contributed by atoms with van der Waals surface area (Å²) in [6.07, 6.45) is 4.39. The second-order valence-electron chi connectivity index (χ2n) is 5.57. The van der Waals surface area contributed by atoms with E-state index in [4.69, 9.17) is 0 Å². The van der Waals surface area contributed by atoms with Crippen LogP contribution < -0.4 is 5.32 Å². The van der Waals surface area contributed by atoms with E-state index in [1.807, 2.05) is 12.3 Å². The lowest BCUT2D eigenvalue weighted by Gasteiger charge is -2.34. The number of hydrogen-bond acceptors (Lipinski definition) is 3. The van der Waals surface area contributed by atoms with Gasteiger partial charge >= 0.3 is 0 Å². The Hall–Kier alpha value is -1.45. The van der Waals surface area contributed by atoms with E-state index in [0.29, 0.717) is 0 Å². The predicted octanol–water partition coefficient (Wildman–Crippen LogP) is 2.81. The molecule has 1 N–H and O–H groups in total. The summed E-state index contributed by atoms with van der Waals surface area (Å²) in [4.78, 5) is 7.00. The third kappa shape index (κ3) is 3.00. The first-order valence-electron chi connectivity index (χ1n) is 7.65. The van der Waals surface area contributed by atoms with Gasteiger partial charge in [-0.15, -0.1) is 0 Å². The third-order valence-electron chi connectivity index (χ3n) is 4.28. The SMILES string of the molecule is CCN(Cc1ccc2ncccc2c1)C1CCNCC1. The fraction of sp³-hybridized carbons (Fsp3) is 0.471. The Kier molecular flexibility index (Phi) is 4.28. The molecule has 1 aromatic carbocycles. The van der Waals surface area contributed by atoms with Gasteiger partial charge in [-0.05, 0) is 56.2 Å². The molecule has 1 aliphatic rings. The number of rotatable bonds is 4. The lowest BCUT2D eigenvalue weighted by Crippen LogP contribution is -2.42. The highest BCUT2D eigenvalue weighted by molar-refractivity contribution is 5.78. The first-order chi connectivity index (χ1) is 9.86. The molecule has 3 heteroatoms. The van der Waals surface area contributed by atoms with Crippen molar-refractivity contribution in [2.75, 3.05) is 19.6 Å². The van der Waals surface area contributed by atoms with Crippen molar-refractivity contribution in [2.45, 2.75) is 32.4 Å². The van der Waals surface area contributed by atoms with Crippen LogP contribution in [-0.2, 0) is 6.54 Å². The van der Waals surface area contributed by atoms with Crippen molar-refractivity contribution in [1.29, 1.82) is 0 Å². The van der Waals surface area contributed by atoms with Crippen molar-refractivity contribution in [2.24, 2.45) is 0 Å². The van der Waals surface area contributed by atoms with Crippen LogP contribution in [0.2, 0.25) is 0 Å². The highest BCUT2D eigenvalue weighted by Gasteiger charge is 2.19. The van der Waals surface area contributed by atoms with Gasteiger partial charge in [0.25, 0.3) is 0 Å². The molecule has 0 spiro atoms. The maximum Gasteiger partial charge on any atom is 0.0702 e. The van der Waals surface area contributed by atoms with Crippen LogP contribution in [0.5, 0.6) is 0 Å². The second kappa shape index (κ2) is 6.33. The number of nitrogens with one attached hydrogen (secondary N) is 1. The minimum Gasteiger partial charge on any atom is -0.317 e. The number of pyridine rings is 1. The van der Waals surface area contributed by atoms with E-state index in [2.05, 4.69) is 46.4 Å². The molecule has 2 aromatic rings. The van der Waals surface area contributed by atoms with Crippen molar-refractivity contribution < 1.29 is 0 Å². The van der Waals surface area contributed by atoms with Gasteiger partial charge in [0.05, 0.1) is 5.52 Å². The van der Waals surface area contributed by atoms with Crippen LogP contribution in [0.4, 0.5) is 0 Å². The number of fused-ring (bicyclic) bond motifs is 1. The van der Waals surface area contributed by atoms with Crippen molar-refractivity contribution in [3.8, 4) is 0 Å². The van der Waals surface area contributed by atoms with Gasteiger partial charge < -0.3 is 5.32 Å². The Balaban J connectivity index is 1.76. The topological polar surface area (TPSA) is 28.2 Å². The largest absolute Gasteiger partial charge is 0.317 e. The highest BCUT2D eigenvalue weighted by atomic mass is 15.2. The van der Waals surface area contributed by atoms with Gasteiger partial charge in [-0.1, -0.05) is 19.1 Å². The smallest absolute Gasteiger partial charge is 0.0702 e. The van der Waals surface area contributed by atoms with Gasteiger partial charge in [0, 0.05) is 24.2 Å². The van der Waals surface area contributed by atoms with Crippen LogP contribution >= 0.6 is 0 Å². The summed E-state index contributed by atoms with van der Waals surface area (Å²) >= 11 is 0. The molecule has 1 fully saturated rings. The van der Waals surface area contributed by atoms with Crippen LogP contribution in [0, 0.1) is 0 Å². The number of piperidine rings is 1. The molecule has 0 aliphatic carbocycles. The Morgan fingerprint density at radius 3 is 2.90 bits per heavy atom. The van der Waals surface area contributed by atoms with E-state index >= 15 is 0 Å². The van der Waals surface area contributed by atoms with Crippen molar-refractivity contribution >= 4 is 10.9 Å². The summed E-state index contributed by atoms with van der Waals surface area (Å²) in [5.41, 5.74) is 2.48. The first-order valence-corrected chi connectivity index (χ1v) is 7.65. The molecule has 0 bridgehead atoms. The van der Waals surface area contributed by atoms with E-state index in [1.54, 1.807) is 0 Å². The molecule has 106 valence electrons. The van der Waals surface area contributed by atoms with Gasteiger partial charge in [-0.3, -0.25) is 9.88 Å². The van der Waals surface area contributed by atoms with E-state index in [9.17, 15) is 0 Å². The zero-order valence-corrected chi connectivity index (χ0v) is 12.2. The molecule has 0 atom stereocenters. The van der Waals surface area contributed by atoms with E-state index in [1.165, 1.54) is 23.8 Å². The zero-order valence-electron chi connectivity index (χ0n) is 12.2. The fourth-order valence-corrected chi connectivity index (χ4v) is 3.13. The molecule has 1 aromatic heterocycles. The Labute approximate surface area is 121 Å². The van der Waals surface area contributed by atoms with Crippen molar-refractivity contribution in [1.82, 2.24) is 15.2 Å². The quantitative estimate of drug-likeness (QED) is 0.925. The molecular weight excluding hydrogens is 246 g/mol. The molecule has 0 saturated carbocycles. The lowest BCUT2D eigenvalue weighted by atomic mass is 10.0. The van der Waals surface area contributed by atoms with E-state index in [0.717, 1.165) is 37.7 Å². The van der Waals surface area contributed by atoms with Crippen LogP contribution in [0.3, 0.4) is 0 Å². The van der Waals surface area contributed by atoms with E-state index in [-0.39, 0.29) is 0 Å². The molecular formula is C17H23N3. The van der Waals surface area contributed by atoms with E-state index < -0.39 is 0 Å². The fourth-order valence-electron chi connectivity index (χ4n) is 3.13. The minimum absolute atomic E-state index is 0.728. The predicted molar refractivity (Wildman–Crippen MR) is 83.7 cm³/mol. The average Bonchev–Trinajstić information content (AvgIpc) is 2.53. The number of benzene rings is 1. The summed E-state index contributed by atoms with van der Waals surface area (Å²) in [6, 6.07) is 11.5. The highest BCUT2D eigenvalue weighted by Crippen LogP contribution is 2.18. The minimum atomic E-state index is 0.728. The van der Waals surface area contributed by atoms with Crippen LogP contribution in [0.15, 0.2) is 36.5 Å². The van der Waals surface area contributed by atoms with Crippen molar-refractivity contribution in [3.05, 3.63) is 42.1 Å². The van der Waals surface area contributed by atoms with Gasteiger partial charge in [-0.25, -0.2) is 0 Å². The van der Waals surface area contributed by atoms with Crippen molar-refractivity contribution in [3.63, 3.8) is 0 Å². The molecule has 3 nitrogen and oxygen atoms in total. The maximum absolute atomic E-state index is 4.39. The molecule has 1 saturated heterocycles. The molecule has 1 aliphatic heterocycles. The summed E-state index contributed by atoms with van der Waals surface area (Å²) in [5.74, 6) is 0. The molecule has 0 amide bonds. The van der Waals surface area contributed by atoms with Gasteiger partial charge in [0.15, 0.2) is 0 Å². The van der Waals surface area contributed by atoms with Crippen LogP contribution in [0.25, 0.3) is 10.9 Å². The van der Waals surface area contributed by atoms with Crippen LogP contribution in [0.1, 0.15) is 25.3 Å². The van der Waals surface area contributed by atoms with Gasteiger partial charge in [0.1, 0.15) is 0 Å². The Bertz CT molecular complexity index is 561. The molecule has 3 rings (SSSR count). The average molecular weight is 269 g/mol. The van der Waals surface area contributed by atoms with Gasteiger partial charge in [0.2, 0.25) is 0 Å². The zero-order chi connectivity index (χ0) is 13.8. The maximum atomic E-state index is 4.39. The number of nitrogens with zero attached hydrogens (tertiary/aromatic N) is 2. The van der Waals surface area contributed by atoms with Crippen LogP contribution in [-0.4, -0.2) is 35.6 Å². The summed E-state index contributed by atoms with van der Waals surface area (Å²) in [7, 11) is 0. The lowest BCUT2D eigenvalue weighted by molar-refractivity contribution is 0.162. The number of aromatic nitrogens is 1. The normalized spacial score (nSPS) is 16.9.